The van der Waals surface area contributed by atoms with Crippen LogP contribution in [0.15, 0.2) is 22.6 Å². The van der Waals surface area contributed by atoms with Crippen LogP contribution in [0.3, 0.4) is 0 Å². The highest BCUT2D eigenvalue weighted by Gasteiger charge is 2.24. The molecule has 4 heteroatoms. The zero-order valence-corrected chi connectivity index (χ0v) is 9.93. The predicted molar refractivity (Wildman–Crippen MR) is 64.3 cm³/mol. The Kier molecular flexibility index (Phi) is 3.64. The van der Waals surface area contributed by atoms with Crippen molar-refractivity contribution in [3.8, 4) is 0 Å². The first kappa shape index (κ1) is 11.9. The fraction of sp³-hybridized carbons (Fsp3) is 0.462. The van der Waals surface area contributed by atoms with Gasteiger partial charge in [0.2, 0.25) is 5.91 Å². The Labute approximate surface area is 101 Å². The molecule has 1 aliphatic rings. The zero-order chi connectivity index (χ0) is 12.3. The molecule has 2 rings (SSSR count). The molecule has 0 spiro atoms. The van der Waals surface area contributed by atoms with E-state index in [-0.39, 0.29) is 18.4 Å². The first-order chi connectivity index (χ1) is 8.19. The number of likely N-dealkylation sites (tertiary alicyclic amines) is 1. The van der Waals surface area contributed by atoms with Crippen molar-refractivity contribution in [2.75, 3.05) is 19.7 Å². The predicted octanol–water partition coefficient (Wildman–Crippen LogP) is 1.44. The van der Waals surface area contributed by atoms with Crippen LogP contribution in [0.1, 0.15) is 17.9 Å². The van der Waals surface area contributed by atoms with E-state index in [0.29, 0.717) is 12.3 Å². The van der Waals surface area contributed by atoms with Gasteiger partial charge >= 0.3 is 0 Å². The van der Waals surface area contributed by atoms with Gasteiger partial charge in [-0.3, -0.25) is 4.79 Å². The lowest BCUT2D eigenvalue weighted by atomic mass is 10.1. The maximum absolute atomic E-state index is 11.8. The summed E-state index contributed by atoms with van der Waals surface area (Å²) in [5.74, 6) is 1.74. The number of nitrogens with zero attached hydrogens (tertiary/aromatic N) is 1. The van der Waals surface area contributed by atoms with Crippen LogP contribution >= 0.6 is 0 Å². The monoisotopic (exact) mass is 235 g/mol. The van der Waals surface area contributed by atoms with Gasteiger partial charge < -0.3 is 14.4 Å². The number of aliphatic hydroxyl groups excluding tert-OH is 1. The molecule has 1 aromatic rings. The molecule has 0 radical (unpaired) electrons. The van der Waals surface area contributed by atoms with E-state index in [4.69, 9.17) is 9.52 Å². The third-order valence-corrected chi connectivity index (χ3v) is 3.01. The Morgan fingerprint density at radius 3 is 3.06 bits per heavy atom. The highest BCUT2D eigenvalue weighted by atomic mass is 16.3. The molecule has 0 aliphatic carbocycles. The average Bonchev–Trinajstić information content (AvgIpc) is 2.94. The van der Waals surface area contributed by atoms with Gasteiger partial charge in [-0.1, -0.05) is 0 Å². The topological polar surface area (TPSA) is 53.7 Å². The van der Waals surface area contributed by atoms with Crippen molar-refractivity contribution in [3.05, 3.63) is 29.7 Å². The summed E-state index contributed by atoms with van der Waals surface area (Å²) in [4.78, 5) is 13.6. The summed E-state index contributed by atoms with van der Waals surface area (Å²) in [5.41, 5.74) is 0. The molecule has 1 fully saturated rings. The SMILES string of the molecule is Cc1ccc(C=CC(=O)N2CCC(CO)C2)o1. The Morgan fingerprint density at radius 1 is 1.65 bits per heavy atom. The summed E-state index contributed by atoms with van der Waals surface area (Å²) in [6.07, 6.45) is 4.09. The zero-order valence-electron chi connectivity index (χ0n) is 9.93. The molecule has 1 aromatic heterocycles. The molecule has 17 heavy (non-hydrogen) atoms. The van der Waals surface area contributed by atoms with Crippen LogP contribution < -0.4 is 0 Å². The van der Waals surface area contributed by atoms with Crippen LogP contribution in [0.4, 0.5) is 0 Å². The van der Waals surface area contributed by atoms with Crippen molar-refractivity contribution in [2.24, 2.45) is 5.92 Å². The van der Waals surface area contributed by atoms with Gasteiger partial charge in [0, 0.05) is 31.7 Å². The summed E-state index contributed by atoms with van der Waals surface area (Å²) in [7, 11) is 0. The van der Waals surface area contributed by atoms with Crippen molar-refractivity contribution in [1.82, 2.24) is 4.90 Å². The number of aryl methyl sites for hydroxylation is 1. The smallest absolute Gasteiger partial charge is 0.246 e. The molecular weight excluding hydrogens is 218 g/mol. The Hall–Kier alpha value is -1.55. The van der Waals surface area contributed by atoms with E-state index in [1.165, 1.54) is 6.08 Å². The fourth-order valence-corrected chi connectivity index (χ4v) is 1.98. The molecule has 1 atom stereocenters. The van der Waals surface area contributed by atoms with E-state index >= 15 is 0 Å². The number of carbonyl (C=O) groups excluding carboxylic acids is 1. The van der Waals surface area contributed by atoms with Crippen LogP contribution in [0.2, 0.25) is 0 Å². The van der Waals surface area contributed by atoms with Crippen LogP contribution in [-0.2, 0) is 4.79 Å². The molecule has 1 aliphatic heterocycles. The van der Waals surface area contributed by atoms with Crippen LogP contribution in [-0.4, -0.2) is 35.6 Å². The second-order valence-electron chi connectivity index (χ2n) is 4.40. The highest BCUT2D eigenvalue weighted by molar-refractivity contribution is 5.91. The first-order valence-electron chi connectivity index (χ1n) is 5.83. The molecule has 1 N–H and O–H groups in total. The number of hydrogen-bond acceptors (Lipinski definition) is 3. The lowest BCUT2D eigenvalue weighted by Crippen LogP contribution is -2.27. The summed E-state index contributed by atoms with van der Waals surface area (Å²) in [6.45, 7) is 3.40. The van der Waals surface area contributed by atoms with E-state index in [2.05, 4.69) is 0 Å². The summed E-state index contributed by atoms with van der Waals surface area (Å²) < 4.78 is 5.34. The summed E-state index contributed by atoms with van der Waals surface area (Å²) in [5, 5.41) is 9.01. The van der Waals surface area contributed by atoms with Crippen molar-refractivity contribution < 1.29 is 14.3 Å². The molecule has 1 unspecified atom stereocenters. The Bertz CT molecular complexity index is 422. The van der Waals surface area contributed by atoms with Crippen LogP contribution in [0.25, 0.3) is 6.08 Å². The second kappa shape index (κ2) is 5.19. The molecule has 0 bridgehead atoms. The minimum atomic E-state index is -0.0185. The quantitative estimate of drug-likeness (QED) is 0.807. The number of aliphatic hydroxyl groups is 1. The van der Waals surface area contributed by atoms with Crippen LogP contribution in [0, 0.1) is 12.8 Å². The molecule has 2 heterocycles. The fourth-order valence-electron chi connectivity index (χ4n) is 1.98. The second-order valence-corrected chi connectivity index (χ2v) is 4.40. The molecular formula is C13H17NO3. The molecule has 0 saturated carbocycles. The van der Waals surface area contributed by atoms with Gasteiger partial charge in [0.15, 0.2) is 0 Å². The van der Waals surface area contributed by atoms with Gasteiger partial charge in [0.1, 0.15) is 11.5 Å². The van der Waals surface area contributed by atoms with E-state index in [1.807, 2.05) is 19.1 Å². The van der Waals surface area contributed by atoms with Gasteiger partial charge in [-0.25, -0.2) is 0 Å². The van der Waals surface area contributed by atoms with Gasteiger partial charge in [-0.2, -0.15) is 0 Å². The van der Waals surface area contributed by atoms with Crippen molar-refractivity contribution in [2.45, 2.75) is 13.3 Å². The van der Waals surface area contributed by atoms with Crippen LogP contribution in [0.5, 0.6) is 0 Å². The molecule has 0 aromatic carbocycles. The summed E-state index contributed by atoms with van der Waals surface area (Å²) >= 11 is 0. The van der Waals surface area contributed by atoms with E-state index in [1.54, 1.807) is 11.0 Å². The molecule has 4 nitrogen and oxygen atoms in total. The lowest BCUT2D eigenvalue weighted by molar-refractivity contribution is -0.125. The van der Waals surface area contributed by atoms with Gasteiger partial charge in [-0.05, 0) is 31.6 Å². The van der Waals surface area contributed by atoms with E-state index in [9.17, 15) is 4.79 Å². The van der Waals surface area contributed by atoms with Gasteiger partial charge in [-0.15, -0.1) is 0 Å². The van der Waals surface area contributed by atoms with Crippen molar-refractivity contribution >= 4 is 12.0 Å². The Balaban J connectivity index is 1.91. The number of amides is 1. The third kappa shape index (κ3) is 2.97. The van der Waals surface area contributed by atoms with E-state index in [0.717, 1.165) is 18.7 Å². The highest BCUT2D eigenvalue weighted by Crippen LogP contribution is 2.16. The third-order valence-electron chi connectivity index (χ3n) is 3.01. The number of hydrogen-bond donors (Lipinski definition) is 1. The normalized spacial score (nSPS) is 20.4. The van der Waals surface area contributed by atoms with Gasteiger partial charge in [0.05, 0.1) is 0 Å². The molecule has 1 saturated heterocycles. The number of furan rings is 1. The standard InChI is InChI=1S/C13H17NO3/c1-10-2-3-12(17-10)4-5-13(16)14-7-6-11(8-14)9-15/h2-5,11,15H,6-9H2,1H3. The minimum absolute atomic E-state index is 0.0185. The Morgan fingerprint density at radius 2 is 2.47 bits per heavy atom. The lowest BCUT2D eigenvalue weighted by Gasteiger charge is -2.13. The largest absolute Gasteiger partial charge is 0.462 e. The van der Waals surface area contributed by atoms with Gasteiger partial charge in [0.25, 0.3) is 0 Å². The molecule has 92 valence electrons. The maximum Gasteiger partial charge on any atom is 0.246 e. The minimum Gasteiger partial charge on any atom is -0.462 e. The van der Waals surface area contributed by atoms with E-state index < -0.39 is 0 Å². The number of carbonyl (C=O) groups is 1. The summed E-state index contributed by atoms with van der Waals surface area (Å²) in [6, 6.07) is 3.70. The maximum atomic E-state index is 11.8. The van der Waals surface area contributed by atoms with Crippen molar-refractivity contribution in [3.63, 3.8) is 0 Å². The first-order valence-corrected chi connectivity index (χ1v) is 5.83. The number of rotatable bonds is 3. The van der Waals surface area contributed by atoms with Crippen molar-refractivity contribution in [1.29, 1.82) is 0 Å². The average molecular weight is 235 g/mol. The molecule has 1 amide bonds.